The summed E-state index contributed by atoms with van der Waals surface area (Å²) in [5.41, 5.74) is 7.51. The fourth-order valence-corrected chi connectivity index (χ4v) is 1.80. The Balaban J connectivity index is 2.16. The molecule has 0 atom stereocenters. The number of nitrogens with two attached hydrogens (primary N) is 1. The Morgan fingerprint density at radius 2 is 2.05 bits per heavy atom. The van der Waals surface area contributed by atoms with Crippen LogP contribution >= 0.6 is 0 Å². The van der Waals surface area contributed by atoms with Gasteiger partial charge in [-0.05, 0) is 32.9 Å². The number of rotatable bonds is 2. The van der Waals surface area contributed by atoms with Crippen LogP contribution in [-0.2, 0) is 11.8 Å². The number of carbonyl (C=O) groups is 1. The highest BCUT2D eigenvalue weighted by Crippen LogP contribution is 2.23. The minimum atomic E-state index is -0.531. The van der Waals surface area contributed by atoms with Crippen LogP contribution in [0.5, 0.6) is 0 Å². The Morgan fingerprint density at radius 1 is 1.33 bits per heavy atom. The summed E-state index contributed by atoms with van der Waals surface area (Å²) in [4.78, 5) is 11.8. The number of nitrogen functional groups attached to an aromatic ring is 1. The molecule has 1 aromatic heterocycles. The molecule has 21 heavy (non-hydrogen) atoms. The Hall–Kier alpha value is -2.50. The Labute approximate surface area is 123 Å². The lowest BCUT2D eigenvalue weighted by Gasteiger charge is -2.19. The maximum Gasteiger partial charge on any atom is 0.412 e. The molecule has 0 saturated heterocycles. The standard InChI is InChI=1S/C15H20N4O2/c1-15(2,3)21-14(20)17-11-7-5-6-10(8-11)12-9-13(16)19(4)18-12/h5-9H,16H2,1-4H3,(H,17,20). The first-order chi connectivity index (χ1) is 9.74. The summed E-state index contributed by atoms with van der Waals surface area (Å²) >= 11 is 0. The summed E-state index contributed by atoms with van der Waals surface area (Å²) in [6.45, 7) is 5.46. The average molecular weight is 288 g/mol. The van der Waals surface area contributed by atoms with Gasteiger partial charge in [0.2, 0.25) is 0 Å². The molecule has 2 rings (SSSR count). The zero-order chi connectivity index (χ0) is 15.6. The van der Waals surface area contributed by atoms with Crippen LogP contribution in [0.1, 0.15) is 20.8 Å². The molecule has 0 saturated carbocycles. The van der Waals surface area contributed by atoms with Crippen LogP contribution < -0.4 is 11.1 Å². The summed E-state index contributed by atoms with van der Waals surface area (Å²) in [6.07, 6.45) is -0.486. The molecule has 6 nitrogen and oxygen atoms in total. The van der Waals surface area contributed by atoms with Gasteiger partial charge in [-0.15, -0.1) is 0 Å². The lowest BCUT2D eigenvalue weighted by Crippen LogP contribution is -2.27. The van der Waals surface area contributed by atoms with E-state index in [2.05, 4.69) is 10.4 Å². The maximum absolute atomic E-state index is 11.8. The number of nitrogens with one attached hydrogen (secondary N) is 1. The summed E-state index contributed by atoms with van der Waals surface area (Å²) < 4.78 is 6.82. The van der Waals surface area contributed by atoms with Crippen LogP contribution in [0.15, 0.2) is 30.3 Å². The van der Waals surface area contributed by atoms with Gasteiger partial charge in [-0.2, -0.15) is 5.10 Å². The van der Waals surface area contributed by atoms with Gasteiger partial charge in [0.1, 0.15) is 11.4 Å². The number of carbonyl (C=O) groups excluding carboxylic acids is 1. The highest BCUT2D eigenvalue weighted by Gasteiger charge is 2.16. The van der Waals surface area contributed by atoms with Crippen LogP contribution in [0.3, 0.4) is 0 Å². The quantitative estimate of drug-likeness (QED) is 0.890. The fourth-order valence-electron chi connectivity index (χ4n) is 1.80. The van der Waals surface area contributed by atoms with E-state index in [1.54, 1.807) is 23.9 Å². The number of anilines is 2. The largest absolute Gasteiger partial charge is 0.444 e. The van der Waals surface area contributed by atoms with Crippen LogP contribution in [0.25, 0.3) is 11.3 Å². The number of amides is 1. The molecular weight excluding hydrogens is 268 g/mol. The first kappa shape index (κ1) is 14.9. The number of hydrogen-bond acceptors (Lipinski definition) is 4. The summed E-state index contributed by atoms with van der Waals surface area (Å²) in [5, 5.41) is 7.01. The number of hydrogen-bond donors (Lipinski definition) is 2. The summed E-state index contributed by atoms with van der Waals surface area (Å²) in [7, 11) is 1.78. The van der Waals surface area contributed by atoms with Crippen molar-refractivity contribution in [3.63, 3.8) is 0 Å². The monoisotopic (exact) mass is 288 g/mol. The molecule has 0 fully saturated rings. The van der Waals surface area contributed by atoms with Gasteiger partial charge in [-0.1, -0.05) is 12.1 Å². The van der Waals surface area contributed by atoms with Crippen LogP contribution in [0.4, 0.5) is 16.3 Å². The van der Waals surface area contributed by atoms with E-state index in [4.69, 9.17) is 10.5 Å². The van der Waals surface area contributed by atoms with E-state index in [9.17, 15) is 4.79 Å². The zero-order valence-electron chi connectivity index (χ0n) is 12.7. The molecule has 1 heterocycles. The highest BCUT2D eigenvalue weighted by atomic mass is 16.6. The van der Waals surface area contributed by atoms with Crippen molar-refractivity contribution in [1.29, 1.82) is 0 Å². The molecule has 112 valence electrons. The fraction of sp³-hybridized carbons (Fsp3) is 0.333. The molecule has 2 aromatic rings. The van der Waals surface area contributed by atoms with E-state index in [0.29, 0.717) is 11.5 Å². The lowest BCUT2D eigenvalue weighted by molar-refractivity contribution is 0.0636. The minimum absolute atomic E-state index is 0.486. The van der Waals surface area contributed by atoms with Crippen LogP contribution in [0, 0.1) is 0 Å². The van der Waals surface area contributed by atoms with Gasteiger partial charge in [0.05, 0.1) is 5.69 Å². The zero-order valence-corrected chi connectivity index (χ0v) is 12.7. The van der Waals surface area contributed by atoms with Crippen molar-refractivity contribution in [3.8, 4) is 11.3 Å². The van der Waals surface area contributed by atoms with E-state index in [1.165, 1.54) is 0 Å². The van der Waals surface area contributed by atoms with Crippen molar-refractivity contribution >= 4 is 17.6 Å². The third-order valence-electron chi connectivity index (χ3n) is 2.72. The highest BCUT2D eigenvalue weighted by molar-refractivity contribution is 5.86. The first-order valence-corrected chi connectivity index (χ1v) is 6.64. The third kappa shape index (κ3) is 3.98. The topological polar surface area (TPSA) is 82.2 Å². The summed E-state index contributed by atoms with van der Waals surface area (Å²) in [6, 6.07) is 9.15. The van der Waals surface area contributed by atoms with Gasteiger partial charge in [0.25, 0.3) is 0 Å². The molecule has 0 radical (unpaired) electrons. The van der Waals surface area contributed by atoms with Crippen molar-refractivity contribution < 1.29 is 9.53 Å². The Morgan fingerprint density at radius 3 is 2.62 bits per heavy atom. The van der Waals surface area contributed by atoms with Crippen LogP contribution in [-0.4, -0.2) is 21.5 Å². The van der Waals surface area contributed by atoms with E-state index in [0.717, 1.165) is 11.3 Å². The van der Waals surface area contributed by atoms with Crippen molar-refractivity contribution in [1.82, 2.24) is 9.78 Å². The van der Waals surface area contributed by atoms with Gasteiger partial charge in [0, 0.05) is 24.4 Å². The van der Waals surface area contributed by atoms with E-state index >= 15 is 0 Å². The molecule has 0 aliphatic rings. The van der Waals surface area contributed by atoms with Crippen LogP contribution in [0.2, 0.25) is 0 Å². The number of benzene rings is 1. The summed E-state index contributed by atoms with van der Waals surface area (Å²) in [5.74, 6) is 0.579. The normalized spacial score (nSPS) is 11.2. The molecule has 0 bridgehead atoms. The van der Waals surface area contributed by atoms with Gasteiger partial charge in [-0.25, -0.2) is 4.79 Å². The second-order valence-corrected chi connectivity index (χ2v) is 5.79. The number of nitrogens with zero attached hydrogens (tertiary/aromatic N) is 2. The Bertz CT molecular complexity index is 636. The molecule has 1 amide bonds. The molecule has 0 aliphatic carbocycles. The lowest BCUT2D eigenvalue weighted by atomic mass is 10.1. The molecule has 3 N–H and O–H groups in total. The number of aromatic nitrogens is 2. The first-order valence-electron chi connectivity index (χ1n) is 6.64. The van der Waals surface area contributed by atoms with E-state index in [1.807, 2.05) is 39.0 Å². The smallest absolute Gasteiger partial charge is 0.412 e. The molecule has 0 aliphatic heterocycles. The van der Waals surface area contributed by atoms with E-state index < -0.39 is 11.7 Å². The van der Waals surface area contributed by atoms with Crippen molar-refractivity contribution in [3.05, 3.63) is 30.3 Å². The van der Waals surface area contributed by atoms with Gasteiger partial charge < -0.3 is 10.5 Å². The van der Waals surface area contributed by atoms with Crippen molar-refractivity contribution in [2.45, 2.75) is 26.4 Å². The molecule has 1 aromatic carbocycles. The van der Waals surface area contributed by atoms with Gasteiger partial charge in [-0.3, -0.25) is 10.00 Å². The predicted molar refractivity (Wildman–Crippen MR) is 82.9 cm³/mol. The predicted octanol–water partition coefficient (Wildman–Crippen LogP) is 3.02. The molecule has 0 unspecified atom stereocenters. The van der Waals surface area contributed by atoms with Gasteiger partial charge in [0.15, 0.2) is 0 Å². The van der Waals surface area contributed by atoms with Gasteiger partial charge >= 0.3 is 6.09 Å². The second-order valence-electron chi connectivity index (χ2n) is 5.79. The average Bonchev–Trinajstić information content (AvgIpc) is 2.67. The second kappa shape index (κ2) is 5.47. The van der Waals surface area contributed by atoms with Crippen molar-refractivity contribution in [2.24, 2.45) is 7.05 Å². The van der Waals surface area contributed by atoms with E-state index in [-0.39, 0.29) is 0 Å². The number of aryl methyl sites for hydroxylation is 1. The molecular formula is C15H20N4O2. The SMILES string of the molecule is Cn1nc(-c2cccc(NC(=O)OC(C)(C)C)c2)cc1N. The van der Waals surface area contributed by atoms with Crippen molar-refractivity contribution in [2.75, 3.05) is 11.1 Å². The molecule has 0 spiro atoms. The maximum atomic E-state index is 11.8. The Kier molecular flexibility index (Phi) is 3.88. The minimum Gasteiger partial charge on any atom is -0.444 e. The third-order valence-corrected chi connectivity index (χ3v) is 2.72. The molecule has 6 heteroatoms. The number of ether oxygens (including phenoxy) is 1.